The van der Waals surface area contributed by atoms with Crippen LogP contribution in [0.1, 0.15) is 41.8 Å². The van der Waals surface area contributed by atoms with E-state index in [9.17, 15) is 4.79 Å². The van der Waals surface area contributed by atoms with Gasteiger partial charge in [0.25, 0.3) is 5.91 Å². The lowest BCUT2D eigenvalue weighted by Gasteiger charge is -2.36. The number of nitrogens with zero attached hydrogens (tertiary/aromatic N) is 1. The lowest BCUT2D eigenvalue weighted by atomic mass is 10.0. The Labute approximate surface area is 127 Å². The topological polar surface area (TPSA) is 32.3 Å². The molecule has 1 amide bonds. The van der Waals surface area contributed by atoms with Gasteiger partial charge in [-0.2, -0.15) is 0 Å². The molecule has 20 heavy (non-hydrogen) atoms. The average molecular weight is 295 g/mol. The molecule has 3 rings (SSSR count). The minimum Gasteiger partial charge on any atom is -0.336 e. The molecule has 2 atom stereocenters. The van der Waals surface area contributed by atoms with Gasteiger partial charge in [0.05, 0.1) is 0 Å². The van der Waals surface area contributed by atoms with Crippen molar-refractivity contribution in [2.45, 2.75) is 45.2 Å². The second-order valence-electron chi connectivity index (χ2n) is 5.98. The summed E-state index contributed by atoms with van der Waals surface area (Å²) in [7, 11) is 0. The van der Waals surface area contributed by atoms with E-state index in [0.717, 1.165) is 31.5 Å². The molecule has 1 aromatic carbocycles. The number of rotatable bonds is 1. The maximum Gasteiger partial charge on any atom is 0.254 e. The number of aryl methyl sites for hydroxylation is 1. The molecular weight excluding hydrogens is 272 g/mol. The van der Waals surface area contributed by atoms with Crippen LogP contribution in [0.4, 0.5) is 0 Å². The number of amides is 1. The fraction of sp³-hybridized carbons (Fsp3) is 0.562. The van der Waals surface area contributed by atoms with Gasteiger partial charge in [-0.1, -0.05) is 12.1 Å². The molecule has 2 aliphatic rings. The van der Waals surface area contributed by atoms with Crippen LogP contribution < -0.4 is 5.32 Å². The van der Waals surface area contributed by atoms with Crippen LogP contribution in [0.25, 0.3) is 0 Å². The van der Waals surface area contributed by atoms with Crippen LogP contribution in [0, 0.1) is 0 Å². The summed E-state index contributed by atoms with van der Waals surface area (Å²) < 4.78 is 0. The monoisotopic (exact) mass is 294 g/mol. The van der Waals surface area contributed by atoms with E-state index >= 15 is 0 Å². The normalized spacial score (nSPS) is 25.0. The van der Waals surface area contributed by atoms with Gasteiger partial charge in [-0.25, -0.2) is 0 Å². The van der Waals surface area contributed by atoms with E-state index < -0.39 is 0 Å². The standard InChI is InChI=1S/C16H22N2O.ClH/c1-11-9-18(10-12(2)17-11)16(19)15-8-4-6-13-5-3-7-14(13)15;/h4,6,8,11-12,17H,3,5,7,9-10H2,1-2H3;1H. The smallest absolute Gasteiger partial charge is 0.254 e. The van der Waals surface area contributed by atoms with E-state index in [1.54, 1.807) is 0 Å². The van der Waals surface area contributed by atoms with Gasteiger partial charge in [0, 0.05) is 30.7 Å². The molecule has 2 unspecified atom stereocenters. The van der Waals surface area contributed by atoms with Crippen molar-refractivity contribution in [1.82, 2.24) is 10.2 Å². The molecule has 1 N–H and O–H groups in total. The Bertz CT molecular complexity index is 493. The van der Waals surface area contributed by atoms with Crippen LogP contribution in [0.3, 0.4) is 0 Å². The fourth-order valence-corrected chi connectivity index (χ4v) is 3.48. The van der Waals surface area contributed by atoms with Crippen LogP contribution >= 0.6 is 12.4 Å². The summed E-state index contributed by atoms with van der Waals surface area (Å²) in [6.07, 6.45) is 3.38. The second-order valence-corrected chi connectivity index (χ2v) is 5.98. The number of halogens is 1. The summed E-state index contributed by atoms with van der Waals surface area (Å²) >= 11 is 0. The molecule has 0 radical (unpaired) electrons. The average Bonchev–Trinajstić information content (AvgIpc) is 2.84. The van der Waals surface area contributed by atoms with Gasteiger partial charge < -0.3 is 10.2 Å². The Hall–Kier alpha value is -1.06. The first-order chi connectivity index (χ1) is 9.15. The van der Waals surface area contributed by atoms with E-state index in [1.807, 2.05) is 17.0 Å². The van der Waals surface area contributed by atoms with E-state index in [0.29, 0.717) is 12.1 Å². The van der Waals surface area contributed by atoms with E-state index in [-0.39, 0.29) is 18.3 Å². The molecule has 0 spiro atoms. The number of nitrogens with one attached hydrogen (secondary N) is 1. The minimum absolute atomic E-state index is 0. The number of carbonyl (C=O) groups excluding carboxylic acids is 1. The van der Waals surface area contributed by atoms with E-state index in [2.05, 4.69) is 25.2 Å². The van der Waals surface area contributed by atoms with Crippen LogP contribution in [-0.4, -0.2) is 36.0 Å². The molecule has 0 saturated carbocycles. The van der Waals surface area contributed by atoms with Crippen molar-refractivity contribution in [3.63, 3.8) is 0 Å². The number of carbonyl (C=O) groups is 1. The SMILES string of the molecule is CC1CN(C(=O)c2cccc3c2CCC3)CC(C)N1.Cl. The Morgan fingerprint density at radius 1 is 1.20 bits per heavy atom. The van der Waals surface area contributed by atoms with Crippen molar-refractivity contribution in [3.8, 4) is 0 Å². The first kappa shape index (κ1) is 15.3. The third-order valence-electron chi connectivity index (χ3n) is 4.22. The zero-order valence-electron chi connectivity index (χ0n) is 12.2. The predicted molar refractivity (Wildman–Crippen MR) is 83.7 cm³/mol. The van der Waals surface area contributed by atoms with Gasteiger partial charge in [-0.3, -0.25) is 4.79 Å². The number of hydrogen-bond donors (Lipinski definition) is 1. The summed E-state index contributed by atoms with van der Waals surface area (Å²) in [6.45, 7) is 5.91. The van der Waals surface area contributed by atoms with Gasteiger partial charge in [0.1, 0.15) is 0 Å². The predicted octanol–water partition coefficient (Wildman–Crippen LogP) is 2.42. The molecular formula is C16H23ClN2O. The number of fused-ring (bicyclic) bond motifs is 1. The summed E-state index contributed by atoms with van der Waals surface area (Å²) in [5.74, 6) is 0.221. The van der Waals surface area contributed by atoms with Crippen LogP contribution in [0.2, 0.25) is 0 Å². The minimum atomic E-state index is 0. The highest BCUT2D eigenvalue weighted by molar-refractivity contribution is 5.96. The number of hydrogen-bond acceptors (Lipinski definition) is 2. The molecule has 1 fully saturated rings. The zero-order chi connectivity index (χ0) is 13.4. The lowest BCUT2D eigenvalue weighted by Crippen LogP contribution is -2.55. The highest BCUT2D eigenvalue weighted by Gasteiger charge is 2.28. The molecule has 1 aliphatic carbocycles. The number of benzene rings is 1. The van der Waals surface area contributed by atoms with E-state index in [4.69, 9.17) is 0 Å². The van der Waals surface area contributed by atoms with Crippen molar-refractivity contribution in [2.24, 2.45) is 0 Å². The molecule has 110 valence electrons. The first-order valence-corrected chi connectivity index (χ1v) is 7.31. The molecule has 3 nitrogen and oxygen atoms in total. The van der Waals surface area contributed by atoms with Gasteiger partial charge in [0.15, 0.2) is 0 Å². The van der Waals surface area contributed by atoms with Crippen molar-refractivity contribution in [1.29, 1.82) is 0 Å². The largest absolute Gasteiger partial charge is 0.336 e. The van der Waals surface area contributed by atoms with Crippen LogP contribution in [-0.2, 0) is 12.8 Å². The van der Waals surface area contributed by atoms with Crippen molar-refractivity contribution in [2.75, 3.05) is 13.1 Å². The van der Waals surface area contributed by atoms with Crippen molar-refractivity contribution >= 4 is 18.3 Å². The van der Waals surface area contributed by atoms with Gasteiger partial charge in [0.2, 0.25) is 0 Å². The first-order valence-electron chi connectivity index (χ1n) is 7.31. The van der Waals surface area contributed by atoms with Crippen LogP contribution in [0.15, 0.2) is 18.2 Å². The third-order valence-corrected chi connectivity index (χ3v) is 4.22. The maximum atomic E-state index is 12.7. The molecule has 1 aliphatic heterocycles. The lowest BCUT2D eigenvalue weighted by molar-refractivity contribution is 0.0672. The summed E-state index contributed by atoms with van der Waals surface area (Å²) in [5.41, 5.74) is 3.62. The number of piperazine rings is 1. The van der Waals surface area contributed by atoms with Crippen molar-refractivity contribution in [3.05, 3.63) is 34.9 Å². The molecule has 4 heteroatoms. The Balaban J connectivity index is 0.00000147. The third kappa shape index (κ3) is 2.84. The second kappa shape index (κ2) is 6.15. The van der Waals surface area contributed by atoms with Gasteiger partial charge in [-0.05, 0) is 50.3 Å². The zero-order valence-corrected chi connectivity index (χ0v) is 13.0. The van der Waals surface area contributed by atoms with Crippen LogP contribution in [0.5, 0.6) is 0 Å². The Morgan fingerprint density at radius 3 is 2.60 bits per heavy atom. The molecule has 1 heterocycles. The summed E-state index contributed by atoms with van der Waals surface area (Å²) in [5, 5.41) is 3.47. The molecule has 1 saturated heterocycles. The van der Waals surface area contributed by atoms with Gasteiger partial charge in [-0.15, -0.1) is 12.4 Å². The quantitative estimate of drug-likeness (QED) is 0.863. The molecule has 0 aromatic heterocycles. The van der Waals surface area contributed by atoms with Crippen molar-refractivity contribution < 1.29 is 4.79 Å². The highest BCUT2D eigenvalue weighted by Crippen LogP contribution is 2.26. The Kier molecular flexibility index (Phi) is 4.71. The Morgan fingerprint density at radius 2 is 1.90 bits per heavy atom. The van der Waals surface area contributed by atoms with Gasteiger partial charge >= 0.3 is 0 Å². The summed E-state index contributed by atoms with van der Waals surface area (Å²) in [6, 6.07) is 6.97. The molecule has 0 bridgehead atoms. The summed E-state index contributed by atoms with van der Waals surface area (Å²) in [4.78, 5) is 14.8. The van der Waals surface area contributed by atoms with E-state index in [1.165, 1.54) is 17.5 Å². The maximum absolute atomic E-state index is 12.7. The highest BCUT2D eigenvalue weighted by atomic mass is 35.5. The fourth-order valence-electron chi connectivity index (χ4n) is 3.48. The molecule has 1 aromatic rings.